The van der Waals surface area contributed by atoms with Crippen molar-refractivity contribution in [2.45, 2.75) is 20.3 Å². The molecule has 2 aromatic rings. The predicted octanol–water partition coefficient (Wildman–Crippen LogP) is 2.84. The van der Waals surface area contributed by atoms with Gasteiger partial charge in [0, 0.05) is 30.9 Å². The van der Waals surface area contributed by atoms with Crippen LogP contribution in [0, 0.1) is 5.92 Å². The second kappa shape index (κ2) is 7.11. The van der Waals surface area contributed by atoms with Crippen molar-refractivity contribution in [1.82, 2.24) is 9.55 Å². The normalized spacial score (nSPS) is 12.0. The van der Waals surface area contributed by atoms with Gasteiger partial charge in [-0.3, -0.25) is 4.79 Å². The maximum atomic E-state index is 11.7. The highest BCUT2D eigenvalue weighted by molar-refractivity contribution is 5.72. The van der Waals surface area contributed by atoms with E-state index < -0.39 is 0 Å². The number of carbonyl (C=O) groups excluding carboxylic acids is 1. The van der Waals surface area contributed by atoms with Gasteiger partial charge >= 0.3 is 5.97 Å². The third kappa shape index (κ3) is 3.47. The summed E-state index contributed by atoms with van der Waals surface area (Å²) in [6.45, 7) is 4.10. The monoisotopic (exact) mass is 302 g/mol. The molecule has 5 heteroatoms. The van der Waals surface area contributed by atoms with Gasteiger partial charge in [-0.15, -0.1) is 0 Å². The Kier molecular flexibility index (Phi) is 5.20. The highest BCUT2D eigenvalue weighted by atomic mass is 16.5. The molecule has 22 heavy (non-hydrogen) atoms. The first-order chi connectivity index (χ1) is 10.6. The standard InChI is InChI=1S/C17H22N2O3/c1-5-22-17(20)12(2)10-14-11-18-16(19(14)3)13-6-8-15(21-4)9-7-13/h6-9,11-12H,5,10H2,1-4H3. The van der Waals surface area contributed by atoms with Crippen molar-refractivity contribution in [3.8, 4) is 17.1 Å². The lowest BCUT2D eigenvalue weighted by Gasteiger charge is -2.11. The van der Waals surface area contributed by atoms with Crippen LogP contribution in [0.5, 0.6) is 5.75 Å². The van der Waals surface area contributed by atoms with Crippen molar-refractivity contribution in [1.29, 1.82) is 0 Å². The maximum Gasteiger partial charge on any atom is 0.309 e. The molecular weight excluding hydrogens is 280 g/mol. The van der Waals surface area contributed by atoms with Gasteiger partial charge in [0.15, 0.2) is 0 Å². The van der Waals surface area contributed by atoms with E-state index in [1.165, 1.54) is 0 Å². The van der Waals surface area contributed by atoms with E-state index in [9.17, 15) is 4.79 Å². The van der Waals surface area contributed by atoms with E-state index >= 15 is 0 Å². The van der Waals surface area contributed by atoms with Crippen molar-refractivity contribution in [3.63, 3.8) is 0 Å². The number of rotatable bonds is 6. The molecule has 1 unspecified atom stereocenters. The number of ether oxygens (including phenoxy) is 2. The number of hydrogen-bond acceptors (Lipinski definition) is 4. The van der Waals surface area contributed by atoms with Crippen LogP contribution in [-0.4, -0.2) is 29.2 Å². The number of aromatic nitrogens is 2. The fraction of sp³-hybridized carbons (Fsp3) is 0.412. The molecule has 0 amide bonds. The summed E-state index contributed by atoms with van der Waals surface area (Å²) in [5, 5.41) is 0. The third-order valence-corrected chi connectivity index (χ3v) is 3.64. The molecule has 1 atom stereocenters. The average Bonchev–Trinajstić information content (AvgIpc) is 2.88. The fourth-order valence-electron chi connectivity index (χ4n) is 2.32. The summed E-state index contributed by atoms with van der Waals surface area (Å²) in [4.78, 5) is 16.2. The first-order valence-corrected chi connectivity index (χ1v) is 7.38. The van der Waals surface area contributed by atoms with Gasteiger partial charge in [0.25, 0.3) is 0 Å². The van der Waals surface area contributed by atoms with Gasteiger partial charge < -0.3 is 14.0 Å². The van der Waals surface area contributed by atoms with E-state index in [4.69, 9.17) is 9.47 Å². The molecule has 0 aliphatic rings. The molecule has 0 spiro atoms. The van der Waals surface area contributed by atoms with Gasteiger partial charge in [-0.1, -0.05) is 6.92 Å². The molecule has 0 aliphatic carbocycles. The highest BCUT2D eigenvalue weighted by Gasteiger charge is 2.18. The van der Waals surface area contributed by atoms with Crippen molar-refractivity contribution < 1.29 is 14.3 Å². The average molecular weight is 302 g/mol. The summed E-state index contributed by atoms with van der Waals surface area (Å²) < 4.78 is 12.2. The van der Waals surface area contributed by atoms with E-state index in [0.29, 0.717) is 13.0 Å². The number of benzene rings is 1. The van der Waals surface area contributed by atoms with Crippen LogP contribution in [0.3, 0.4) is 0 Å². The van der Waals surface area contributed by atoms with E-state index in [1.54, 1.807) is 7.11 Å². The highest BCUT2D eigenvalue weighted by Crippen LogP contribution is 2.23. The van der Waals surface area contributed by atoms with Gasteiger partial charge in [-0.05, 0) is 31.2 Å². The Bertz CT molecular complexity index is 632. The molecule has 0 N–H and O–H groups in total. The first kappa shape index (κ1) is 16.1. The Morgan fingerprint density at radius 1 is 1.32 bits per heavy atom. The molecule has 5 nitrogen and oxygen atoms in total. The minimum Gasteiger partial charge on any atom is -0.497 e. The molecule has 0 aliphatic heterocycles. The van der Waals surface area contributed by atoms with Crippen LogP contribution in [-0.2, 0) is 23.0 Å². The van der Waals surface area contributed by atoms with Crippen LogP contribution in [0.1, 0.15) is 19.5 Å². The smallest absolute Gasteiger partial charge is 0.309 e. The summed E-state index contributed by atoms with van der Waals surface area (Å²) in [7, 11) is 3.60. The molecular formula is C17H22N2O3. The van der Waals surface area contributed by atoms with E-state index in [0.717, 1.165) is 22.8 Å². The molecule has 0 radical (unpaired) electrons. The SMILES string of the molecule is CCOC(=O)C(C)Cc1cnc(-c2ccc(OC)cc2)n1C. The molecule has 1 heterocycles. The third-order valence-electron chi connectivity index (χ3n) is 3.64. The molecule has 0 saturated heterocycles. The fourth-order valence-corrected chi connectivity index (χ4v) is 2.32. The van der Waals surface area contributed by atoms with Gasteiger partial charge in [-0.2, -0.15) is 0 Å². The molecule has 0 bridgehead atoms. The van der Waals surface area contributed by atoms with Crippen molar-refractivity contribution in [3.05, 3.63) is 36.2 Å². The summed E-state index contributed by atoms with van der Waals surface area (Å²) in [6, 6.07) is 7.76. The number of nitrogens with zero attached hydrogens (tertiary/aromatic N) is 2. The zero-order valence-electron chi connectivity index (χ0n) is 13.5. The first-order valence-electron chi connectivity index (χ1n) is 7.38. The van der Waals surface area contributed by atoms with Gasteiger partial charge in [0.05, 0.1) is 19.6 Å². The number of methoxy groups -OCH3 is 1. The molecule has 0 saturated carbocycles. The van der Waals surface area contributed by atoms with Crippen LogP contribution in [0.2, 0.25) is 0 Å². The summed E-state index contributed by atoms with van der Waals surface area (Å²) in [5.41, 5.74) is 2.02. The Balaban J connectivity index is 2.16. The Morgan fingerprint density at radius 3 is 2.59 bits per heavy atom. The number of hydrogen-bond donors (Lipinski definition) is 0. The lowest BCUT2D eigenvalue weighted by Crippen LogP contribution is -2.18. The zero-order valence-corrected chi connectivity index (χ0v) is 13.5. The summed E-state index contributed by atoms with van der Waals surface area (Å²) in [6.07, 6.45) is 2.42. The second-order valence-electron chi connectivity index (χ2n) is 5.22. The minimum absolute atomic E-state index is 0.172. The molecule has 118 valence electrons. The number of imidazole rings is 1. The molecule has 0 fully saturated rings. The molecule has 1 aromatic heterocycles. The summed E-state index contributed by atoms with van der Waals surface area (Å²) in [5.74, 6) is 1.33. The largest absolute Gasteiger partial charge is 0.497 e. The van der Waals surface area contributed by atoms with Crippen molar-refractivity contribution >= 4 is 5.97 Å². The van der Waals surface area contributed by atoms with Crippen LogP contribution < -0.4 is 4.74 Å². The lowest BCUT2D eigenvalue weighted by atomic mass is 10.1. The predicted molar refractivity (Wildman–Crippen MR) is 84.7 cm³/mol. The Hall–Kier alpha value is -2.30. The van der Waals surface area contributed by atoms with E-state index in [2.05, 4.69) is 4.98 Å². The van der Waals surface area contributed by atoms with Gasteiger partial charge in [-0.25, -0.2) is 4.98 Å². The number of esters is 1. The topological polar surface area (TPSA) is 53.4 Å². The van der Waals surface area contributed by atoms with Gasteiger partial charge in [0.2, 0.25) is 0 Å². The van der Waals surface area contributed by atoms with Crippen molar-refractivity contribution in [2.24, 2.45) is 13.0 Å². The van der Waals surface area contributed by atoms with Crippen molar-refractivity contribution in [2.75, 3.05) is 13.7 Å². The Labute approximate surface area is 130 Å². The van der Waals surface area contributed by atoms with Crippen LogP contribution in [0.15, 0.2) is 30.5 Å². The molecule has 1 aromatic carbocycles. The van der Waals surface area contributed by atoms with Crippen LogP contribution in [0.25, 0.3) is 11.4 Å². The van der Waals surface area contributed by atoms with E-state index in [-0.39, 0.29) is 11.9 Å². The van der Waals surface area contributed by atoms with Gasteiger partial charge in [0.1, 0.15) is 11.6 Å². The lowest BCUT2D eigenvalue weighted by molar-refractivity contribution is -0.147. The quantitative estimate of drug-likeness (QED) is 0.770. The van der Waals surface area contributed by atoms with E-state index in [1.807, 2.05) is 55.9 Å². The van der Waals surface area contributed by atoms with Crippen LogP contribution >= 0.6 is 0 Å². The number of carbonyl (C=O) groups is 1. The summed E-state index contributed by atoms with van der Waals surface area (Å²) >= 11 is 0. The zero-order chi connectivity index (χ0) is 16.1. The molecule has 2 rings (SSSR count). The minimum atomic E-state index is -0.181. The maximum absolute atomic E-state index is 11.7. The second-order valence-corrected chi connectivity index (χ2v) is 5.22. The Morgan fingerprint density at radius 2 is 2.00 bits per heavy atom. The van der Waals surface area contributed by atoms with Crippen LogP contribution in [0.4, 0.5) is 0 Å².